The Hall–Kier alpha value is -2.16. The van der Waals surface area contributed by atoms with Gasteiger partial charge in [-0.1, -0.05) is 44.2 Å². The molecule has 3 heteroatoms. The second-order valence-electron chi connectivity index (χ2n) is 4.78. The van der Waals surface area contributed by atoms with Crippen molar-refractivity contribution in [3.63, 3.8) is 0 Å². The lowest BCUT2D eigenvalue weighted by molar-refractivity contribution is 0.0524. The SMILES string of the molecule is CCOC(=O)c1cc(CC)c(-c2ccccc2)nc1CC. The first-order chi connectivity index (χ1) is 10.2. The van der Waals surface area contributed by atoms with Crippen LogP contribution >= 0.6 is 0 Å². The summed E-state index contributed by atoms with van der Waals surface area (Å²) in [6.45, 7) is 6.27. The van der Waals surface area contributed by atoms with E-state index in [1.807, 2.05) is 50.2 Å². The van der Waals surface area contributed by atoms with E-state index in [0.29, 0.717) is 18.6 Å². The van der Waals surface area contributed by atoms with Crippen LogP contribution in [0.3, 0.4) is 0 Å². The molecule has 2 aromatic rings. The Labute approximate surface area is 126 Å². The summed E-state index contributed by atoms with van der Waals surface area (Å²) in [7, 11) is 0. The van der Waals surface area contributed by atoms with Crippen LogP contribution in [-0.2, 0) is 17.6 Å². The van der Waals surface area contributed by atoms with Crippen molar-refractivity contribution < 1.29 is 9.53 Å². The molecule has 110 valence electrons. The molecule has 1 aromatic carbocycles. The van der Waals surface area contributed by atoms with Crippen LogP contribution in [0.2, 0.25) is 0 Å². The molecule has 0 unspecified atom stereocenters. The molecule has 0 N–H and O–H groups in total. The number of pyridine rings is 1. The zero-order valence-electron chi connectivity index (χ0n) is 12.8. The number of esters is 1. The highest BCUT2D eigenvalue weighted by Crippen LogP contribution is 2.25. The van der Waals surface area contributed by atoms with Crippen LogP contribution in [-0.4, -0.2) is 17.6 Å². The van der Waals surface area contributed by atoms with Crippen molar-refractivity contribution in [2.45, 2.75) is 33.6 Å². The quantitative estimate of drug-likeness (QED) is 0.777. The maximum Gasteiger partial charge on any atom is 0.339 e. The standard InChI is InChI=1S/C18H21NO2/c1-4-13-12-15(18(20)21-6-3)16(5-2)19-17(13)14-10-8-7-9-11-14/h7-12H,4-6H2,1-3H3. The van der Waals surface area contributed by atoms with Gasteiger partial charge in [0.05, 0.1) is 23.6 Å². The first-order valence-electron chi connectivity index (χ1n) is 7.46. The highest BCUT2D eigenvalue weighted by molar-refractivity contribution is 5.91. The number of ether oxygens (including phenoxy) is 1. The molecule has 1 aromatic heterocycles. The Morgan fingerprint density at radius 1 is 1.10 bits per heavy atom. The van der Waals surface area contributed by atoms with Gasteiger partial charge in [-0.3, -0.25) is 4.98 Å². The Kier molecular flexibility index (Phi) is 5.09. The lowest BCUT2D eigenvalue weighted by Crippen LogP contribution is -2.11. The van der Waals surface area contributed by atoms with Crippen molar-refractivity contribution in [1.29, 1.82) is 0 Å². The zero-order valence-corrected chi connectivity index (χ0v) is 12.8. The van der Waals surface area contributed by atoms with Crippen LogP contribution in [0.4, 0.5) is 0 Å². The summed E-state index contributed by atoms with van der Waals surface area (Å²) >= 11 is 0. The van der Waals surface area contributed by atoms with Crippen LogP contribution in [0.5, 0.6) is 0 Å². The number of carbonyl (C=O) groups excluding carboxylic acids is 1. The Morgan fingerprint density at radius 2 is 1.81 bits per heavy atom. The maximum absolute atomic E-state index is 12.1. The van der Waals surface area contributed by atoms with Crippen LogP contribution in [0.25, 0.3) is 11.3 Å². The smallest absolute Gasteiger partial charge is 0.339 e. The Balaban J connectivity index is 2.56. The van der Waals surface area contributed by atoms with E-state index in [4.69, 9.17) is 9.72 Å². The van der Waals surface area contributed by atoms with Gasteiger partial charge >= 0.3 is 5.97 Å². The van der Waals surface area contributed by atoms with E-state index in [9.17, 15) is 4.79 Å². The van der Waals surface area contributed by atoms with E-state index < -0.39 is 0 Å². The van der Waals surface area contributed by atoms with Crippen molar-refractivity contribution in [2.75, 3.05) is 6.61 Å². The monoisotopic (exact) mass is 283 g/mol. The third-order valence-corrected chi connectivity index (χ3v) is 3.44. The zero-order chi connectivity index (χ0) is 15.2. The molecular weight excluding hydrogens is 262 g/mol. The first kappa shape index (κ1) is 15.2. The minimum Gasteiger partial charge on any atom is -0.462 e. The fourth-order valence-electron chi connectivity index (χ4n) is 2.36. The second-order valence-corrected chi connectivity index (χ2v) is 4.78. The third kappa shape index (κ3) is 3.30. The van der Waals surface area contributed by atoms with Gasteiger partial charge in [0.25, 0.3) is 0 Å². The average molecular weight is 283 g/mol. The van der Waals surface area contributed by atoms with Crippen LogP contribution in [0.15, 0.2) is 36.4 Å². The number of rotatable bonds is 5. The molecule has 0 aliphatic heterocycles. The average Bonchev–Trinajstić information content (AvgIpc) is 2.54. The molecule has 21 heavy (non-hydrogen) atoms. The molecule has 0 fully saturated rings. The van der Waals surface area contributed by atoms with E-state index >= 15 is 0 Å². The minimum absolute atomic E-state index is 0.281. The second kappa shape index (κ2) is 7.02. The van der Waals surface area contributed by atoms with Gasteiger partial charge in [-0.2, -0.15) is 0 Å². The maximum atomic E-state index is 12.1. The van der Waals surface area contributed by atoms with Crippen molar-refractivity contribution in [3.8, 4) is 11.3 Å². The van der Waals surface area contributed by atoms with Gasteiger partial charge in [-0.25, -0.2) is 4.79 Å². The van der Waals surface area contributed by atoms with E-state index in [-0.39, 0.29) is 5.97 Å². The lowest BCUT2D eigenvalue weighted by atomic mass is 9.99. The molecule has 0 bridgehead atoms. The minimum atomic E-state index is -0.281. The molecule has 0 radical (unpaired) electrons. The summed E-state index contributed by atoms with van der Waals surface area (Å²) in [4.78, 5) is 16.8. The molecule has 0 spiro atoms. The van der Waals surface area contributed by atoms with Gasteiger partial charge in [0.1, 0.15) is 0 Å². The number of hydrogen-bond acceptors (Lipinski definition) is 3. The van der Waals surface area contributed by atoms with Crippen molar-refractivity contribution >= 4 is 5.97 Å². The van der Waals surface area contributed by atoms with E-state index in [1.165, 1.54) is 0 Å². The molecule has 0 aliphatic carbocycles. The molecule has 2 rings (SSSR count). The number of aryl methyl sites for hydroxylation is 2. The van der Waals surface area contributed by atoms with Gasteiger partial charge in [0.15, 0.2) is 0 Å². The van der Waals surface area contributed by atoms with Gasteiger partial charge in [-0.15, -0.1) is 0 Å². The number of aromatic nitrogens is 1. The number of benzene rings is 1. The van der Waals surface area contributed by atoms with Gasteiger partial charge in [0, 0.05) is 5.56 Å². The van der Waals surface area contributed by atoms with Gasteiger partial charge in [0.2, 0.25) is 0 Å². The molecule has 0 saturated carbocycles. The normalized spacial score (nSPS) is 10.4. The Bertz CT molecular complexity index is 621. The molecular formula is C18H21NO2. The summed E-state index contributed by atoms with van der Waals surface area (Å²) in [6, 6.07) is 12.0. The van der Waals surface area contributed by atoms with E-state index in [0.717, 1.165) is 28.9 Å². The van der Waals surface area contributed by atoms with Crippen LogP contribution < -0.4 is 0 Å². The summed E-state index contributed by atoms with van der Waals surface area (Å²) in [5, 5.41) is 0. The van der Waals surface area contributed by atoms with E-state index in [2.05, 4.69) is 6.92 Å². The van der Waals surface area contributed by atoms with Gasteiger partial charge in [-0.05, 0) is 31.4 Å². The lowest BCUT2D eigenvalue weighted by Gasteiger charge is -2.13. The van der Waals surface area contributed by atoms with Crippen LogP contribution in [0, 0.1) is 0 Å². The highest BCUT2D eigenvalue weighted by Gasteiger charge is 2.17. The summed E-state index contributed by atoms with van der Waals surface area (Å²) < 4.78 is 5.14. The Morgan fingerprint density at radius 3 is 2.38 bits per heavy atom. The molecule has 0 atom stereocenters. The molecule has 0 amide bonds. The fourth-order valence-corrected chi connectivity index (χ4v) is 2.36. The molecule has 0 saturated heterocycles. The van der Waals surface area contributed by atoms with Gasteiger partial charge < -0.3 is 4.74 Å². The summed E-state index contributed by atoms with van der Waals surface area (Å²) in [5.41, 5.74) is 4.50. The van der Waals surface area contributed by atoms with Crippen LogP contribution in [0.1, 0.15) is 42.4 Å². The number of carbonyl (C=O) groups is 1. The molecule has 3 nitrogen and oxygen atoms in total. The topological polar surface area (TPSA) is 39.2 Å². The summed E-state index contributed by atoms with van der Waals surface area (Å²) in [6.07, 6.45) is 1.53. The molecule has 0 aliphatic rings. The van der Waals surface area contributed by atoms with Crippen molar-refractivity contribution in [2.24, 2.45) is 0 Å². The number of hydrogen-bond donors (Lipinski definition) is 0. The van der Waals surface area contributed by atoms with Crippen molar-refractivity contribution in [3.05, 3.63) is 53.2 Å². The van der Waals surface area contributed by atoms with E-state index in [1.54, 1.807) is 0 Å². The fraction of sp³-hybridized carbons (Fsp3) is 0.333. The number of nitrogens with zero attached hydrogens (tertiary/aromatic N) is 1. The predicted octanol–water partition coefficient (Wildman–Crippen LogP) is 4.05. The highest BCUT2D eigenvalue weighted by atomic mass is 16.5. The van der Waals surface area contributed by atoms with Crippen molar-refractivity contribution in [1.82, 2.24) is 4.98 Å². The summed E-state index contributed by atoms with van der Waals surface area (Å²) in [5.74, 6) is -0.281. The predicted molar refractivity (Wildman–Crippen MR) is 84.4 cm³/mol. The third-order valence-electron chi connectivity index (χ3n) is 3.44. The largest absolute Gasteiger partial charge is 0.462 e. The molecule has 1 heterocycles. The first-order valence-corrected chi connectivity index (χ1v) is 7.46.